The summed E-state index contributed by atoms with van der Waals surface area (Å²) < 4.78 is 5.03. The van der Waals surface area contributed by atoms with Crippen LogP contribution in [0.2, 0.25) is 0 Å². The van der Waals surface area contributed by atoms with E-state index in [9.17, 15) is 25.0 Å². The quantitative estimate of drug-likeness (QED) is 0.166. The van der Waals surface area contributed by atoms with Crippen molar-refractivity contribution in [2.24, 2.45) is 15.6 Å². The zero-order valence-electron chi connectivity index (χ0n) is 21.8. The van der Waals surface area contributed by atoms with E-state index in [1.165, 1.54) is 24.1 Å². The van der Waals surface area contributed by atoms with E-state index in [0.29, 0.717) is 6.42 Å². The van der Waals surface area contributed by atoms with Gasteiger partial charge in [-0.2, -0.15) is 5.11 Å². The molecule has 39 heavy (non-hydrogen) atoms. The van der Waals surface area contributed by atoms with Crippen LogP contribution in [0.1, 0.15) is 49.9 Å². The molecular weight excluding hydrogens is 504 g/mol. The normalized spacial score (nSPS) is 21.8. The van der Waals surface area contributed by atoms with Gasteiger partial charge in [0.05, 0.1) is 41.5 Å². The summed E-state index contributed by atoms with van der Waals surface area (Å²) in [5, 5.41) is 32.9. The molecule has 0 bridgehead atoms. The zero-order valence-corrected chi connectivity index (χ0v) is 21.8. The first kappa shape index (κ1) is 26.4. The third-order valence-corrected chi connectivity index (χ3v) is 8.35. The molecule has 2 aliphatic rings. The number of nitro benzene ring substituents is 2. The van der Waals surface area contributed by atoms with Gasteiger partial charge in [0.2, 0.25) is 0 Å². The number of hydrogen-bond donors (Lipinski definition) is 1. The number of non-ortho nitro benzene ring substituents is 1. The van der Waals surface area contributed by atoms with E-state index < -0.39 is 38.6 Å². The van der Waals surface area contributed by atoms with E-state index in [0.717, 1.165) is 55.7 Å². The minimum Gasteiger partial charge on any atom is -0.469 e. The van der Waals surface area contributed by atoms with Crippen molar-refractivity contribution >= 4 is 33.9 Å². The van der Waals surface area contributed by atoms with Crippen LogP contribution in [0.3, 0.4) is 0 Å². The van der Waals surface area contributed by atoms with Crippen LogP contribution in [0.5, 0.6) is 0 Å². The fraction of sp³-hybridized carbons (Fsp3) is 0.444. The molecule has 3 heterocycles. The number of nitrogens with zero attached hydrogens (tertiary/aromatic N) is 5. The molecule has 2 aliphatic heterocycles. The predicted molar refractivity (Wildman–Crippen MR) is 143 cm³/mol. The number of methoxy groups -OCH3 is 1. The molecule has 0 spiro atoms. The Labute approximate surface area is 224 Å². The number of azo groups is 1. The summed E-state index contributed by atoms with van der Waals surface area (Å²) in [7, 11) is 1.32. The number of benzene rings is 2. The van der Waals surface area contributed by atoms with Crippen molar-refractivity contribution in [3.63, 3.8) is 0 Å². The molecular formula is C27H30N6O6. The maximum Gasteiger partial charge on any atom is 0.307 e. The molecule has 204 valence electrons. The molecule has 1 aromatic heterocycles. The highest BCUT2D eigenvalue weighted by atomic mass is 16.6. The van der Waals surface area contributed by atoms with Gasteiger partial charge in [-0.05, 0) is 49.9 Å². The van der Waals surface area contributed by atoms with Crippen LogP contribution in [0.15, 0.2) is 52.7 Å². The van der Waals surface area contributed by atoms with Crippen LogP contribution in [-0.4, -0.2) is 51.9 Å². The third kappa shape index (κ3) is 4.65. The van der Waals surface area contributed by atoms with Gasteiger partial charge in [0.25, 0.3) is 5.69 Å². The number of piperidine rings is 1. The Kier molecular flexibility index (Phi) is 7.13. The highest BCUT2D eigenvalue weighted by Gasteiger charge is 2.52. The minimum atomic E-state index is -0.716. The summed E-state index contributed by atoms with van der Waals surface area (Å²) in [6.45, 7) is 3.86. The first-order chi connectivity index (χ1) is 18.8. The number of H-pyrrole nitrogens is 1. The number of carbonyl (C=O) groups is 1. The Morgan fingerprint density at radius 2 is 2.00 bits per heavy atom. The van der Waals surface area contributed by atoms with Gasteiger partial charge < -0.3 is 9.72 Å². The Morgan fingerprint density at radius 1 is 1.21 bits per heavy atom. The fourth-order valence-corrected chi connectivity index (χ4v) is 6.47. The molecule has 12 nitrogen and oxygen atoms in total. The summed E-state index contributed by atoms with van der Waals surface area (Å²) >= 11 is 0. The number of carbonyl (C=O) groups excluding carboxylic acids is 1. The van der Waals surface area contributed by atoms with Gasteiger partial charge in [-0.15, -0.1) is 5.11 Å². The molecule has 0 radical (unpaired) electrons. The van der Waals surface area contributed by atoms with E-state index >= 15 is 0 Å². The lowest BCUT2D eigenvalue weighted by Gasteiger charge is -2.53. The van der Waals surface area contributed by atoms with Crippen molar-refractivity contribution in [3.05, 3.63) is 74.0 Å². The second-order valence-electron chi connectivity index (χ2n) is 10.1. The number of aromatic nitrogens is 1. The van der Waals surface area contributed by atoms with Crippen molar-refractivity contribution in [2.75, 3.05) is 20.2 Å². The van der Waals surface area contributed by atoms with Gasteiger partial charge in [-0.25, -0.2) is 0 Å². The first-order valence-corrected chi connectivity index (χ1v) is 13.0. The number of esters is 1. The number of aromatic amines is 1. The Balaban J connectivity index is 1.62. The van der Waals surface area contributed by atoms with Crippen LogP contribution in [0.4, 0.5) is 17.1 Å². The largest absolute Gasteiger partial charge is 0.469 e. The van der Waals surface area contributed by atoms with Crippen LogP contribution in [0.25, 0.3) is 10.9 Å². The van der Waals surface area contributed by atoms with E-state index in [2.05, 4.69) is 39.2 Å². The molecule has 3 atom stereocenters. The van der Waals surface area contributed by atoms with Gasteiger partial charge in [0.1, 0.15) is 0 Å². The summed E-state index contributed by atoms with van der Waals surface area (Å²) in [5.41, 5.74) is 1.91. The van der Waals surface area contributed by atoms with E-state index in [1.54, 1.807) is 0 Å². The maximum atomic E-state index is 12.6. The summed E-state index contributed by atoms with van der Waals surface area (Å²) in [4.78, 5) is 40.2. The number of nitro groups is 2. The first-order valence-electron chi connectivity index (χ1n) is 13.0. The molecule has 0 amide bonds. The molecule has 12 heteroatoms. The van der Waals surface area contributed by atoms with Crippen molar-refractivity contribution in [1.82, 2.24) is 9.88 Å². The van der Waals surface area contributed by atoms with Crippen molar-refractivity contribution in [3.8, 4) is 0 Å². The number of hydrogen-bond acceptors (Lipinski definition) is 9. The Bertz CT molecular complexity index is 1470. The topological polar surface area (TPSA) is 156 Å². The van der Waals surface area contributed by atoms with Crippen LogP contribution >= 0.6 is 0 Å². The highest BCUT2D eigenvalue weighted by molar-refractivity contribution is 5.85. The second-order valence-corrected chi connectivity index (χ2v) is 10.1. The van der Waals surface area contributed by atoms with Crippen LogP contribution in [0, 0.1) is 25.6 Å². The molecule has 0 aliphatic carbocycles. The number of nitrogens with one attached hydrogen (secondary N) is 1. The molecule has 1 fully saturated rings. The lowest BCUT2D eigenvalue weighted by Crippen LogP contribution is -2.54. The number of fused-ring (bicyclic) bond motifs is 5. The number of ether oxygens (including phenoxy) is 1. The maximum absolute atomic E-state index is 12.6. The van der Waals surface area contributed by atoms with Crippen molar-refractivity contribution in [2.45, 2.75) is 51.1 Å². The fourth-order valence-electron chi connectivity index (χ4n) is 6.47. The van der Waals surface area contributed by atoms with Crippen LogP contribution in [-0.2, 0) is 16.0 Å². The lowest BCUT2D eigenvalue weighted by atomic mass is 9.63. The number of rotatable bonds is 8. The third-order valence-electron chi connectivity index (χ3n) is 8.35. The van der Waals surface area contributed by atoms with Crippen molar-refractivity contribution in [1.29, 1.82) is 0 Å². The molecule has 1 saturated heterocycles. The van der Waals surface area contributed by atoms with Gasteiger partial charge >= 0.3 is 11.7 Å². The molecule has 2 aromatic carbocycles. The Hall–Kier alpha value is -4.19. The van der Waals surface area contributed by atoms with Crippen molar-refractivity contribution < 1.29 is 19.4 Å². The predicted octanol–water partition coefficient (Wildman–Crippen LogP) is 5.79. The molecule has 1 N–H and O–H groups in total. The van der Waals surface area contributed by atoms with Gasteiger partial charge in [0, 0.05) is 34.6 Å². The highest BCUT2D eigenvalue weighted by Crippen LogP contribution is 2.55. The SMILES string of the molecule is CCC1(C(CC(=O)OC)N=Nc2ccc([N+](=O)[O-])cc2[N+](=O)[O-])CCCN2CCc3c([nH]c4ccccc34)C21. The summed E-state index contributed by atoms with van der Waals surface area (Å²) in [5.74, 6) is -0.449. The summed E-state index contributed by atoms with van der Waals surface area (Å²) in [6.07, 6.45) is 3.24. The van der Waals surface area contributed by atoms with E-state index in [1.807, 2.05) is 12.1 Å². The van der Waals surface area contributed by atoms with Gasteiger partial charge in [0.15, 0.2) is 5.69 Å². The summed E-state index contributed by atoms with van der Waals surface area (Å²) in [6, 6.07) is 10.8. The zero-order chi connectivity index (χ0) is 27.7. The molecule has 3 unspecified atom stereocenters. The van der Waals surface area contributed by atoms with Gasteiger partial charge in [-0.3, -0.25) is 29.9 Å². The van der Waals surface area contributed by atoms with Crippen LogP contribution < -0.4 is 0 Å². The smallest absolute Gasteiger partial charge is 0.307 e. The lowest BCUT2D eigenvalue weighted by molar-refractivity contribution is -0.393. The van der Waals surface area contributed by atoms with Gasteiger partial charge in [-0.1, -0.05) is 25.1 Å². The Morgan fingerprint density at radius 3 is 2.72 bits per heavy atom. The molecule has 0 saturated carbocycles. The second kappa shape index (κ2) is 10.5. The average molecular weight is 535 g/mol. The number of para-hydroxylation sites is 1. The average Bonchev–Trinajstić information content (AvgIpc) is 3.33. The standard InChI is InChI=1S/C27H30N6O6/c1-3-27(12-6-13-31-14-11-19-18-7-4-5-8-20(18)28-25(19)26(27)31)23(16-24(34)39-2)30-29-21-10-9-17(32(35)36)15-22(21)33(37)38/h4-5,7-10,15,23,26,28H,3,6,11-14,16H2,1-2H3. The minimum absolute atomic E-state index is 0.0471. The van der Waals surface area contributed by atoms with E-state index in [-0.39, 0.29) is 18.2 Å². The monoisotopic (exact) mass is 534 g/mol. The molecule has 5 rings (SSSR count). The van der Waals surface area contributed by atoms with E-state index in [4.69, 9.17) is 4.74 Å². The molecule has 3 aromatic rings.